The maximum absolute atomic E-state index is 9.35. The van der Waals surface area contributed by atoms with E-state index in [1.165, 1.54) is 12.0 Å². The highest BCUT2D eigenvalue weighted by Crippen LogP contribution is 2.44. The van der Waals surface area contributed by atoms with Crippen LogP contribution in [0.1, 0.15) is 25.8 Å². The Labute approximate surface area is 98.8 Å². The highest BCUT2D eigenvalue weighted by molar-refractivity contribution is 9.10. The molecule has 1 unspecified atom stereocenters. The summed E-state index contributed by atoms with van der Waals surface area (Å²) in [6.07, 6.45) is 1.26. The summed E-state index contributed by atoms with van der Waals surface area (Å²) in [6, 6.07) is 6.27. The van der Waals surface area contributed by atoms with Crippen LogP contribution in [0.15, 0.2) is 22.7 Å². The average Bonchev–Trinajstić information content (AvgIpc) is 2.77. The Kier molecular flexibility index (Phi) is 2.77. The number of nitrogens with one attached hydrogen (secondary N) is 1. The first-order valence-corrected chi connectivity index (χ1v) is 5.99. The van der Waals surface area contributed by atoms with Crippen molar-refractivity contribution in [3.8, 4) is 5.75 Å². The zero-order chi connectivity index (χ0) is 11.1. The first kappa shape index (κ1) is 11.0. The number of rotatable bonds is 3. The Morgan fingerprint density at radius 3 is 2.73 bits per heavy atom. The van der Waals surface area contributed by atoms with E-state index in [1.54, 1.807) is 6.07 Å². The van der Waals surface area contributed by atoms with Crippen LogP contribution >= 0.6 is 15.9 Å². The third kappa shape index (κ3) is 2.52. The molecule has 1 aliphatic rings. The van der Waals surface area contributed by atoms with Crippen molar-refractivity contribution in [2.75, 3.05) is 0 Å². The molecule has 1 saturated carbocycles. The monoisotopic (exact) mass is 269 g/mol. The van der Waals surface area contributed by atoms with Gasteiger partial charge in [0.15, 0.2) is 0 Å². The highest BCUT2D eigenvalue weighted by atomic mass is 79.9. The van der Waals surface area contributed by atoms with Gasteiger partial charge in [-0.25, -0.2) is 0 Å². The molecule has 2 nitrogen and oxygen atoms in total. The molecule has 0 spiro atoms. The molecule has 2 rings (SSSR count). The van der Waals surface area contributed by atoms with Crippen molar-refractivity contribution in [2.24, 2.45) is 5.41 Å². The van der Waals surface area contributed by atoms with Crippen molar-refractivity contribution < 1.29 is 5.11 Å². The predicted molar refractivity (Wildman–Crippen MR) is 64.8 cm³/mol. The molecule has 0 bridgehead atoms. The summed E-state index contributed by atoms with van der Waals surface area (Å²) in [5.41, 5.74) is 1.66. The van der Waals surface area contributed by atoms with E-state index in [-0.39, 0.29) is 0 Å². The predicted octanol–water partition coefficient (Wildman–Crippen LogP) is 3.04. The summed E-state index contributed by atoms with van der Waals surface area (Å²) in [5, 5.41) is 12.9. The molecular formula is C12H16BrNO. The largest absolute Gasteiger partial charge is 0.507 e. The van der Waals surface area contributed by atoms with Crippen molar-refractivity contribution in [1.82, 2.24) is 5.32 Å². The number of hydrogen-bond donors (Lipinski definition) is 2. The van der Waals surface area contributed by atoms with Gasteiger partial charge in [-0.2, -0.15) is 0 Å². The van der Waals surface area contributed by atoms with Gasteiger partial charge in [-0.3, -0.25) is 0 Å². The van der Waals surface area contributed by atoms with Crippen molar-refractivity contribution in [2.45, 2.75) is 32.9 Å². The van der Waals surface area contributed by atoms with Crippen LogP contribution in [0.4, 0.5) is 0 Å². The molecule has 0 amide bonds. The number of hydrogen-bond acceptors (Lipinski definition) is 2. The molecule has 0 aromatic heterocycles. The van der Waals surface area contributed by atoms with E-state index >= 15 is 0 Å². The lowest BCUT2D eigenvalue weighted by Gasteiger charge is -2.07. The molecule has 1 aromatic rings. The van der Waals surface area contributed by atoms with Crippen LogP contribution in [0.5, 0.6) is 5.75 Å². The van der Waals surface area contributed by atoms with Crippen LogP contribution in [0.2, 0.25) is 0 Å². The van der Waals surface area contributed by atoms with Crippen LogP contribution in [0.25, 0.3) is 0 Å². The van der Waals surface area contributed by atoms with Crippen molar-refractivity contribution in [3.05, 3.63) is 28.2 Å². The number of aromatic hydroxyl groups is 1. The van der Waals surface area contributed by atoms with Gasteiger partial charge >= 0.3 is 0 Å². The van der Waals surface area contributed by atoms with E-state index in [4.69, 9.17) is 0 Å². The number of benzene rings is 1. The van der Waals surface area contributed by atoms with E-state index in [0.29, 0.717) is 17.2 Å². The summed E-state index contributed by atoms with van der Waals surface area (Å²) < 4.78 is 0.761. The quantitative estimate of drug-likeness (QED) is 0.884. The zero-order valence-electron chi connectivity index (χ0n) is 9.05. The molecule has 1 aliphatic carbocycles. The maximum Gasteiger partial charge on any atom is 0.129 e. The summed E-state index contributed by atoms with van der Waals surface area (Å²) in [5.74, 6) is 0.297. The first-order valence-electron chi connectivity index (χ1n) is 5.20. The van der Waals surface area contributed by atoms with Gasteiger partial charge in [-0.1, -0.05) is 19.9 Å². The van der Waals surface area contributed by atoms with Crippen LogP contribution in [0.3, 0.4) is 0 Å². The van der Waals surface area contributed by atoms with E-state index in [1.807, 2.05) is 12.1 Å². The lowest BCUT2D eigenvalue weighted by molar-refractivity contribution is 0.471. The molecule has 0 aliphatic heterocycles. The van der Waals surface area contributed by atoms with E-state index in [9.17, 15) is 5.11 Å². The minimum absolute atomic E-state index is 0.297. The fourth-order valence-corrected chi connectivity index (χ4v) is 2.14. The van der Waals surface area contributed by atoms with Crippen molar-refractivity contribution >= 4 is 15.9 Å². The topological polar surface area (TPSA) is 32.3 Å². The van der Waals surface area contributed by atoms with Gasteiger partial charge < -0.3 is 10.4 Å². The molecule has 1 aromatic carbocycles. The fraction of sp³-hybridized carbons (Fsp3) is 0.500. The molecule has 15 heavy (non-hydrogen) atoms. The Morgan fingerprint density at radius 1 is 1.53 bits per heavy atom. The maximum atomic E-state index is 9.35. The molecule has 2 N–H and O–H groups in total. The van der Waals surface area contributed by atoms with Crippen LogP contribution in [-0.4, -0.2) is 11.1 Å². The Bertz CT molecular complexity index is 376. The van der Waals surface area contributed by atoms with Gasteiger partial charge in [-0.05, 0) is 45.5 Å². The minimum Gasteiger partial charge on any atom is -0.507 e. The van der Waals surface area contributed by atoms with Crippen LogP contribution in [-0.2, 0) is 6.54 Å². The van der Waals surface area contributed by atoms with E-state index in [0.717, 1.165) is 11.0 Å². The lowest BCUT2D eigenvalue weighted by Crippen LogP contribution is -2.19. The Balaban J connectivity index is 1.92. The summed E-state index contributed by atoms with van der Waals surface area (Å²) in [7, 11) is 0. The lowest BCUT2D eigenvalue weighted by atomic mass is 10.2. The number of halogens is 1. The van der Waals surface area contributed by atoms with Gasteiger partial charge in [0.2, 0.25) is 0 Å². The average molecular weight is 270 g/mol. The minimum atomic E-state index is 0.297. The molecular weight excluding hydrogens is 254 g/mol. The molecule has 1 fully saturated rings. The van der Waals surface area contributed by atoms with Gasteiger partial charge in [0.25, 0.3) is 0 Å². The van der Waals surface area contributed by atoms with Crippen LogP contribution < -0.4 is 5.32 Å². The highest BCUT2D eigenvalue weighted by Gasteiger charge is 2.44. The summed E-state index contributed by atoms with van der Waals surface area (Å²) in [4.78, 5) is 0. The number of phenolic OH excluding ortho intramolecular Hbond substituents is 1. The molecule has 0 heterocycles. The van der Waals surface area contributed by atoms with Gasteiger partial charge in [-0.15, -0.1) is 0 Å². The second-order valence-electron chi connectivity index (χ2n) is 4.91. The standard InChI is InChI=1S/C12H16BrNO/c1-12(2)6-11(12)14-7-8-3-4-10(15)9(13)5-8/h3-5,11,14-15H,6-7H2,1-2H3. The molecule has 0 radical (unpaired) electrons. The first-order chi connectivity index (χ1) is 6.99. The normalized spacial score (nSPS) is 22.7. The SMILES string of the molecule is CC1(C)CC1NCc1ccc(O)c(Br)c1. The van der Waals surface area contributed by atoms with Crippen LogP contribution in [0, 0.1) is 5.41 Å². The molecule has 1 atom stereocenters. The fourth-order valence-electron chi connectivity index (χ4n) is 1.72. The van der Waals surface area contributed by atoms with E-state index in [2.05, 4.69) is 35.1 Å². The van der Waals surface area contributed by atoms with Crippen molar-refractivity contribution in [3.63, 3.8) is 0 Å². The van der Waals surface area contributed by atoms with Gasteiger partial charge in [0.05, 0.1) is 4.47 Å². The molecule has 3 heteroatoms. The summed E-state index contributed by atoms with van der Waals surface area (Å²) in [6.45, 7) is 5.42. The third-order valence-electron chi connectivity index (χ3n) is 3.08. The van der Waals surface area contributed by atoms with Crippen molar-refractivity contribution in [1.29, 1.82) is 0 Å². The second-order valence-corrected chi connectivity index (χ2v) is 5.77. The molecule has 82 valence electrons. The number of phenols is 1. The molecule has 0 saturated heterocycles. The second kappa shape index (κ2) is 3.80. The Hall–Kier alpha value is -0.540. The third-order valence-corrected chi connectivity index (χ3v) is 3.71. The van der Waals surface area contributed by atoms with Gasteiger partial charge in [0.1, 0.15) is 5.75 Å². The summed E-state index contributed by atoms with van der Waals surface area (Å²) >= 11 is 3.31. The zero-order valence-corrected chi connectivity index (χ0v) is 10.6. The smallest absolute Gasteiger partial charge is 0.129 e. The van der Waals surface area contributed by atoms with E-state index < -0.39 is 0 Å². The Morgan fingerprint density at radius 2 is 2.20 bits per heavy atom. The van der Waals surface area contributed by atoms with Gasteiger partial charge in [0, 0.05) is 12.6 Å².